The molecule has 0 amide bonds. The Morgan fingerprint density at radius 1 is 1.80 bits per heavy atom. The molecule has 0 aliphatic heterocycles. The maximum absolute atomic E-state index is 11.0. The van der Waals surface area contributed by atoms with Crippen LogP contribution in [0.1, 0.15) is 38.3 Å². The van der Waals surface area contributed by atoms with Crippen LogP contribution in [0.25, 0.3) is 0 Å². The predicted molar refractivity (Wildman–Crippen MR) is 54.3 cm³/mol. The number of aromatic amines is 1. The van der Waals surface area contributed by atoms with Gasteiger partial charge < -0.3 is 10.8 Å². The number of nitrogens with zero attached hydrogens (tertiary/aromatic N) is 2. The number of H-pyrrole nitrogens is 1. The number of carboxylic acid groups (broad SMARTS) is 1. The van der Waals surface area contributed by atoms with Gasteiger partial charge in [0.2, 0.25) is 0 Å². The van der Waals surface area contributed by atoms with Gasteiger partial charge in [-0.1, -0.05) is 18.6 Å². The van der Waals surface area contributed by atoms with Crippen molar-refractivity contribution >= 4 is 5.97 Å². The summed E-state index contributed by atoms with van der Waals surface area (Å²) in [6.07, 6.45) is 3.11. The average molecular weight is 212 g/mol. The maximum Gasteiger partial charge on any atom is 0.324 e. The largest absolute Gasteiger partial charge is 0.480 e. The molecule has 2 atom stereocenters. The molecule has 1 aromatic heterocycles. The highest BCUT2D eigenvalue weighted by atomic mass is 16.4. The Hall–Kier alpha value is -1.43. The quantitative estimate of drug-likeness (QED) is 0.658. The molecule has 0 spiro atoms. The minimum Gasteiger partial charge on any atom is -0.480 e. The van der Waals surface area contributed by atoms with Crippen molar-refractivity contribution < 1.29 is 9.90 Å². The molecule has 4 N–H and O–H groups in total. The van der Waals surface area contributed by atoms with Crippen LogP contribution in [0.5, 0.6) is 0 Å². The van der Waals surface area contributed by atoms with Gasteiger partial charge in [0.25, 0.3) is 0 Å². The second-order valence-corrected chi connectivity index (χ2v) is 3.83. The first-order valence-corrected chi connectivity index (χ1v) is 4.88. The fourth-order valence-electron chi connectivity index (χ4n) is 1.57. The van der Waals surface area contributed by atoms with Crippen molar-refractivity contribution in [2.75, 3.05) is 0 Å². The minimum absolute atomic E-state index is 0.321. The molecule has 15 heavy (non-hydrogen) atoms. The second kappa shape index (κ2) is 4.39. The minimum atomic E-state index is -1.31. The molecule has 0 saturated carbocycles. The van der Waals surface area contributed by atoms with Crippen molar-refractivity contribution in [2.45, 2.75) is 38.1 Å². The van der Waals surface area contributed by atoms with Crippen molar-refractivity contribution in [3.8, 4) is 0 Å². The van der Waals surface area contributed by atoms with E-state index in [1.807, 2.05) is 6.92 Å². The van der Waals surface area contributed by atoms with E-state index in [1.165, 1.54) is 6.92 Å². The third kappa shape index (κ3) is 2.33. The van der Waals surface area contributed by atoms with E-state index in [0.29, 0.717) is 12.1 Å². The molecule has 0 fully saturated rings. The molecule has 84 valence electrons. The highest BCUT2D eigenvalue weighted by molar-refractivity contribution is 5.79. The van der Waals surface area contributed by atoms with E-state index >= 15 is 0 Å². The molecule has 2 unspecified atom stereocenters. The number of hydrogen-bond donors (Lipinski definition) is 3. The summed E-state index contributed by atoms with van der Waals surface area (Å²) in [6.45, 7) is 3.48. The van der Waals surface area contributed by atoms with Crippen molar-refractivity contribution in [2.24, 2.45) is 5.73 Å². The van der Waals surface area contributed by atoms with E-state index in [2.05, 4.69) is 15.4 Å². The number of aliphatic carboxylic acids is 1. The number of carbonyl (C=O) groups is 1. The Balaban J connectivity index is 2.97. The highest BCUT2D eigenvalue weighted by Gasteiger charge is 2.39. The number of nitrogens with two attached hydrogens (primary N) is 1. The smallest absolute Gasteiger partial charge is 0.324 e. The standard InChI is InChI=1S/C9H16N4O2/c1-3-4-6(7-5-11-13-12-7)9(2,10)8(14)15/h5-6H,3-4,10H2,1-2H3,(H,14,15)(H,11,12,13). The Labute approximate surface area is 87.9 Å². The van der Waals surface area contributed by atoms with Gasteiger partial charge in [0.1, 0.15) is 5.54 Å². The molecule has 0 aromatic carbocycles. The van der Waals surface area contributed by atoms with Crippen molar-refractivity contribution in [3.05, 3.63) is 11.9 Å². The third-order valence-corrected chi connectivity index (χ3v) is 2.55. The summed E-state index contributed by atoms with van der Waals surface area (Å²) in [5, 5.41) is 19.0. The first-order valence-electron chi connectivity index (χ1n) is 4.88. The average Bonchev–Trinajstić information content (AvgIpc) is 2.66. The lowest BCUT2D eigenvalue weighted by molar-refractivity contribution is -0.143. The van der Waals surface area contributed by atoms with Crippen LogP contribution >= 0.6 is 0 Å². The highest BCUT2D eigenvalue weighted by Crippen LogP contribution is 2.29. The number of nitrogens with one attached hydrogen (secondary N) is 1. The Morgan fingerprint density at radius 2 is 2.47 bits per heavy atom. The van der Waals surface area contributed by atoms with Gasteiger partial charge in [0.05, 0.1) is 5.69 Å². The first kappa shape index (κ1) is 11.6. The molecule has 6 nitrogen and oxygen atoms in total. The van der Waals surface area contributed by atoms with E-state index in [9.17, 15) is 4.79 Å². The van der Waals surface area contributed by atoms with Gasteiger partial charge in [0, 0.05) is 12.1 Å². The van der Waals surface area contributed by atoms with Crippen molar-refractivity contribution in [1.29, 1.82) is 0 Å². The van der Waals surface area contributed by atoms with E-state index in [4.69, 9.17) is 10.8 Å². The summed E-state index contributed by atoms with van der Waals surface area (Å²) in [4.78, 5) is 11.0. The summed E-state index contributed by atoms with van der Waals surface area (Å²) in [5.74, 6) is -1.34. The van der Waals surface area contributed by atoms with Crippen LogP contribution < -0.4 is 5.73 Å². The molecule has 0 bridgehead atoms. The summed E-state index contributed by atoms with van der Waals surface area (Å²) < 4.78 is 0. The van der Waals surface area contributed by atoms with Crippen LogP contribution in [0.2, 0.25) is 0 Å². The van der Waals surface area contributed by atoms with E-state index in [-0.39, 0.29) is 5.92 Å². The van der Waals surface area contributed by atoms with Gasteiger partial charge in [-0.2, -0.15) is 0 Å². The van der Waals surface area contributed by atoms with Crippen LogP contribution in [0.4, 0.5) is 0 Å². The van der Waals surface area contributed by atoms with Crippen molar-refractivity contribution in [3.63, 3.8) is 0 Å². The first-order chi connectivity index (χ1) is 7.00. The molecule has 1 heterocycles. The zero-order valence-corrected chi connectivity index (χ0v) is 8.90. The molecule has 0 aliphatic carbocycles. The van der Waals surface area contributed by atoms with Crippen LogP contribution in [0, 0.1) is 0 Å². The van der Waals surface area contributed by atoms with Gasteiger partial charge in [-0.25, -0.2) is 0 Å². The van der Waals surface area contributed by atoms with Crippen molar-refractivity contribution in [1.82, 2.24) is 15.4 Å². The van der Waals surface area contributed by atoms with Gasteiger partial charge in [-0.05, 0) is 13.3 Å². The van der Waals surface area contributed by atoms with Gasteiger partial charge >= 0.3 is 5.97 Å². The van der Waals surface area contributed by atoms with Crippen LogP contribution in [-0.2, 0) is 4.79 Å². The lowest BCUT2D eigenvalue weighted by atomic mass is 9.81. The topological polar surface area (TPSA) is 105 Å². The number of aromatic nitrogens is 3. The van der Waals surface area contributed by atoms with Crippen LogP contribution in [0.3, 0.4) is 0 Å². The molecule has 0 aliphatic rings. The van der Waals surface area contributed by atoms with Gasteiger partial charge in [0.15, 0.2) is 0 Å². The molecular formula is C9H16N4O2. The molecule has 1 aromatic rings. The SMILES string of the molecule is CCCC(c1c[nH]nn1)C(C)(N)C(=O)O. The number of carboxylic acids is 1. The molecule has 6 heteroatoms. The lowest BCUT2D eigenvalue weighted by Crippen LogP contribution is -2.50. The molecule has 0 saturated heterocycles. The Morgan fingerprint density at radius 3 is 2.87 bits per heavy atom. The maximum atomic E-state index is 11.0. The van der Waals surface area contributed by atoms with Crippen LogP contribution in [0.15, 0.2) is 6.20 Å². The molecular weight excluding hydrogens is 196 g/mol. The Bertz CT molecular complexity index is 321. The molecule has 0 radical (unpaired) electrons. The normalized spacial score (nSPS) is 17.0. The van der Waals surface area contributed by atoms with Crippen LogP contribution in [-0.4, -0.2) is 32.0 Å². The van der Waals surface area contributed by atoms with E-state index in [1.54, 1.807) is 6.20 Å². The van der Waals surface area contributed by atoms with E-state index < -0.39 is 11.5 Å². The van der Waals surface area contributed by atoms with E-state index in [0.717, 1.165) is 6.42 Å². The number of hydrogen-bond acceptors (Lipinski definition) is 4. The summed E-state index contributed by atoms with van der Waals surface area (Å²) >= 11 is 0. The van der Waals surface area contributed by atoms with Gasteiger partial charge in [-0.3, -0.25) is 9.89 Å². The fraction of sp³-hybridized carbons (Fsp3) is 0.667. The molecule has 1 rings (SSSR count). The fourth-order valence-corrected chi connectivity index (χ4v) is 1.57. The van der Waals surface area contributed by atoms with Gasteiger partial charge in [-0.15, -0.1) is 5.10 Å². The zero-order valence-electron chi connectivity index (χ0n) is 8.90. The summed E-state index contributed by atoms with van der Waals surface area (Å²) in [7, 11) is 0. The number of rotatable bonds is 5. The summed E-state index contributed by atoms with van der Waals surface area (Å²) in [5.41, 5.74) is 5.09. The second-order valence-electron chi connectivity index (χ2n) is 3.83. The monoisotopic (exact) mass is 212 g/mol. The third-order valence-electron chi connectivity index (χ3n) is 2.55. The Kier molecular flexibility index (Phi) is 3.41. The lowest BCUT2D eigenvalue weighted by Gasteiger charge is -2.28. The summed E-state index contributed by atoms with van der Waals surface area (Å²) in [6, 6.07) is 0. The zero-order chi connectivity index (χ0) is 11.5. The predicted octanol–water partition coefficient (Wildman–Crippen LogP) is 0.490.